The second kappa shape index (κ2) is 7.97. The van der Waals surface area contributed by atoms with E-state index in [9.17, 15) is 10.2 Å². The molecule has 0 aromatic heterocycles. The second-order valence-corrected chi connectivity index (χ2v) is 12.3. The number of hydrogen-bond acceptors (Lipinski definition) is 2. The summed E-state index contributed by atoms with van der Waals surface area (Å²) < 4.78 is 0. The Hall–Kier alpha value is -0.340. The summed E-state index contributed by atoms with van der Waals surface area (Å²) in [6.07, 6.45) is 13.9. The molecule has 0 amide bonds. The minimum absolute atomic E-state index is 0.200. The van der Waals surface area contributed by atoms with Crippen LogP contribution in [0.5, 0.6) is 0 Å². The maximum atomic E-state index is 11.3. The van der Waals surface area contributed by atoms with Crippen molar-refractivity contribution in [3.63, 3.8) is 0 Å². The molecule has 166 valence electrons. The van der Waals surface area contributed by atoms with E-state index in [1.807, 2.05) is 0 Å². The smallest absolute Gasteiger partial charge is 0.0757 e. The van der Waals surface area contributed by atoms with Crippen LogP contribution in [-0.4, -0.2) is 22.4 Å². The SMILES string of the molecule is CC(C)CCC[C@@H](C)[C@H]1CC[C@H]2C3[C@H](O)C=C4C[C@@H](O)CC[C@]4(C)[C@H]3CC[C@]12C. The predicted molar refractivity (Wildman–Crippen MR) is 120 cm³/mol. The van der Waals surface area contributed by atoms with Gasteiger partial charge in [0, 0.05) is 0 Å². The summed E-state index contributed by atoms with van der Waals surface area (Å²) in [6, 6.07) is 0. The fraction of sp³-hybridized carbons (Fsp3) is 0.926. The van der Waals surface area contributed by atoms with Crippen molar-refractivity contribution in [2.75, 3.05) is 0 Å². The lowest BCUT2D eigenvalue weighted by molar-refractivity contribution is -0.0970. The molecule has 2 heteroatoms. The van der Waals surface area contributed by atoms with Crippen LogP contribution < -0.4 is 0 Å². The molecule has 4 aliphatic carbocycles. The van der Waals surface area contributed by atoms with Crippen molar-refractivity contribution >= 4 is 0 Å². The maximum absolute atomic E-state index is 11.3. The molecular weight excluding hydrogens is 356 g/mol. The van der Waals surface area contributed by atoms with Crippen molar-refractivity contribution in [3.05, 3.63) is 11.6 Å². The normalized spacial score (nSPS) is 47.9. The van der Waals surface area contributed by atoms with Gasteiger partial charge in [-0.05, 0) is 91.3 Å². The standard InChI is InChI=1S/C27H46O2/c1-17(2)7-6-8-18(3)21-9-10-22-25-23(12-14-27(21,22)5)26(4)13-11-20(28)15-19(26)16-24(25)29/h16-18,20-25,28-29H,6-15H2,1-5H3/t18-,20+,21-,22+,23+,24-,25?,26+,27-/m1/s1. The summed E-state index contributed by atoms with van der Waals surface area (Å²) in [5.74, 6) is 4.18. The van der Waals surface area contributed by atoms with E-state index in [1.165, 1.54) is 50.5 Å². The van der Waals surface area contributed by atoms with Crippen LogP contribution in [0.4, 0.5) is 0 Å². The van der Waals surface area contributed by atoms with Gasteiger partial charge in [-0.25, -0.2) is 0 Å². The second-order valence-electron chi connectivity index (χ2n) is 12.3. The molecule has 2 N–H and O–H groups in total. The van der Waals surface area contributed by atoms with Crippen LogP contribution in [-0.2, 0) is 0 Å². The lowest BCUT2D eigenvalue weighted by Gasteiger charge is -2.59. The van der Waals surface area contributed by atoms with Crippen LogP contribution in [0.3, 0.4) is 0 Å². The number of rotatable bonds is 5. The van der Waals surface area contributed by atoms with E-state index < -0.39 is 0 Å². The third-order valence-electron chi connectivity index (χ3n) is 10.3. The van der Waals surface area contributed by atoms with E-state index in [0.717, 1.165) is 37.0 Å². The van der Waals surface area contributed by atoms with Crippen molar-refractivity contribution in [1.29, 1.82) is 0 Å². The van der Waals surface area contributed by atoms with Gasteiger partial charge in [-0.1, -0.05) is 65.5 Å². The fourth-order valence-electron chi connectivity index (χ4n) is 8.65. The third kappa shape index (κ3) is 3.65. The molecule has 29 heavy (non-hydrogen) atoms. The minimum atomic E-state index is -0.298. The van der Waals surface area contributed by atoms with E-state index in [-0.39, 0.29) is 17.6 Å². The predicted octanol–water partition coefficient (Wildman–Crippen LogP) is 6.36. The van der Waals surface area contributed by atoms with Gasteiger partial charge in [0.2, 0.25) is 0 Å². The highest BCUT2D eigenvalue weighted by Gasteiger charge is 2.61. The molecule has 9 atom stereocenters. The van der Waals surface area contributed by atoms with Gasteiger partial charge >= 0.3 is 0 Å². The van der Waals surface area contributed by atoms with E-state index in [0.29, 0.717) is 23.2 Å². The highest BCUT2D eigenvalue weighted by atomic mass is 16.3. The highest BCUT2D eigenvalue weighted by molar-refractivity contribution is 5.27. The highest BCUT2D eigenvalue weighted by Crippen LogP contribution is 2.67. The number of aliphatic hydroxyl groups excluding tert-OH is 2. The zero-order valence-corrected chi connectivity index (χ0v) is 19.7. The van der Waals surface area contributed by atoms with Gasteiger partial charge in [-0.2, -0.15) is 0 Å². The first kappa shape index (κ1) is 21.9. The van der Waals surface area contributed by atoms with Crippen LogP contribution in [0, 0.1) is 46.3 Å². The zero-order chi connectivity index (χ0) is 21.0. The molecule has 0 bridgehead atoms. The van der Waals surface area contributed by atoms with Crippen molar-refractivity contribution < 1.29 is 10.2 Å². The summed E-state index contributed by atoms with van der Waals surface area (Å²) in [4.78, 5) is 0. The molecule has 0 aromatic rings. The first-order valence-electron chi connectivity index (χ1n) is 12.7. The van der Waals surface area contributed by atoms with Gasteiger partial charge in [-0.15, -0.1) is 0 Å². The Morgan fingerprint density at radius 2 is 1.72 bits per heavy atom. The minimum Gasteiger partial charge on any atom is -0.393 e. The van der Waals surface area contributed by atoms with Gasteiger partial charge in [0.25, 0.3) is 0 Å². The van der Waals surface area contributed by atoms with E-state index >= 15 is 0 Å². The third-order valence-corrected chi connectivity index (χ3v) is 10.3. The van der Waals surface area contributed by atoms with Gasteiger partial charge in [-0.3, -0.25) is 0 Å². The van der Waals surface area contributed by atoms with Crippen molar-refractivity contribution in [3.8, 4) is 0 Å². The fourth-order valence-corrected chi connectivity index (χ4v) is 8.65. The van der Waals surface area contributed by atoms with E-state index in [2.05, 4.69) is 40.7 Å². The summed E-state index contributed by atoms with van der Waals surface area (Å²) in [5.41, 5.74) is 1.99. The monoisotopic (exact) mass is 402 g/mol. The van der Waals surface area contributed by atoms with Gasteiger partial charge in [0.1, 0.15) is 0 Å². The molecule has 4 rings (SSSR count). The Kier molecular flexibility index (Phi) is 6.01. The van der Waals surface area contributed by atoms with Crippen LogP contribution in [0.2, 0.25) is 0 Å². The molecule has 0 radical (unpaired) electrons. The quantitative estimate of drug-likeness (QED) is 0.525. The molecular formula is C27H46O2. The van der Waals surface area contributed by atoms with E-state index in [1.54, 1.807) is 0 Å². The number of hydrogen-bond donors (Lipinski definition) is 2. The average molecular weight is 403 g/mol. The summed E-state index contributed by atoms with van der Waals surface area (Å²) in [6.45, 7) is 12.2. The average Bonchev–Trinajstić information content (AvgIpc) is 3.00. The number of aliphatic hydroxyl groups is 2. The molecule has 3 fully saturated rings. The Balaban J connectivity index is 1.54. The molecule has 4 aliphatic rings. The zero-order valence-electron chi connectivity index (χ0n) is 19.7. The molecule has 1 unspecified atom stereocenters. The molecule has 2 nitrogen and oxygen atoms in total. The first-order valence-corrected chi connectivity index (χ1v) is 12.7. The Bertz CT molecular complexity index is 624. The van der Waals surface area contributed by atoms with Crippen molar-refractivity contribution in [2.45, 2.75) is 111 Å². The van der Waals surface area contributed by atoms with Crippen molar-refractivity contribution in [1.82, 2.24) is 0 Å². The van der Waals surface area contributed by atoms with Crippen LogP contribution in [0.1, 0.15) is 98.8 Å². The van der Waals surface area contributed by atoms with Crippen LogP contribution in [0.25, 0.3) is 0 Å². The van der Waals surface area contributed by atoms with Gasteiger partial charge < -0.3 is 10.2 Å². The van der Waals surface area contributed by atoms with Crippen molar-refractivity contribution in [2.24, 2.45) is 46.3 Å². The molecule has 0 spiro atoms. The van der Waals surface area contributed by atoms with E-state index in [4.69, 9.17) is 0 Å². The van der Waals surface area contributed by atoms with Crippen LogP contribution in [0.15, 0.2) is 11.6 Å². The van der Waals surface area contributed by atoms with Gasteiger partial charge in [0.15, 0.2) is 0 Å². The maximum Gasteiger partial charge on any atom is 0.0757 e. The first-order chi connectivity index (χ1) is 13.7. The van der Waals surface area contributed by atoms with Gasteiger partial charge in [0.05, 0.1) is 12.2 Å². The summed E-state index contributed by atoms with van der Waals surface area (Å²) in [7, 11) is 0. The Morgan fingerprint density at radius 1 is 0.966 bits per heavy atom. The Labute approximate surface area is 179 Å². The molecule has 0 aliphatic heterocycles. The lowest BCUT2D eigenvalue weighted by Crippen LogP contribution is -2.54. The largest absolute Gasteiger partial charge is 0.393 e. The molecule has 0 aromatic carbocycles. The molecule has 3 saturated carbocycles. The summed E-state index contributed by atoms with van der Waals surface area (Å²) in [5, 5.41) is 21.5. The lowest BCUT2D eigenvalue weighted by atomic mass is 9.46. The van der Waals surface area contributed by atoms with Crippen LogP contribution >= 0.6 is 0 Å². The Morgan fingerprint density at radius 3 is 2.45 bits per heavy atom. The summed E-state index contributed by atoms with van der Waals surface area (Å²) >= 11 is 0. The topological polar surface area (TPSA) is 40.5 Å². The number of fused-ring (bicyclic) bond motifs is 5. The molecule has 0 heterocycles. The molecule has 0 saturated heterocycles.